The number of aromatic nitrogens is 1. The normalized spacial score (nSPS) is 19.3. The van der Waals surface area contributed by atoms with Gasteiger partial charge in [0.15, 0.2) is 0 Å². The van der Waals surface area contributed by atoms with Crippen LogP contribution in [0, 0.1) is 0 Å². The number of likely N-dealkylation sites (N-methyl/N-ethyl adjacent to an activating group) is 1. The van der Waals surface area contributed by atoms with Crippen LogP contribution in [-0.4, -0.2) is 52.6 Å². The fraction of sp³-hybridized carbons (Fsp3) is 0.769. The number of rotatable bonds is 4. The molecule has 1 aliphatic rings. The SMILES string of the molecule is CCN1CCN(Cc2ncc(C(C)(C)O)s2)CC1. The van der Waals surface area contributed by atoms with Crippen LogP contribution in [0.15, 0.2) is 6.20 Å². The van der Waals surface area contributed by atoms with E-state index in [0.717, 1.165) is 49.2 Å². The average Bonchev–Trinajstić information content (AvgIpc) is 2.78. The molecule has 1 aliphatic heterocycles. The van der Waals surface area contributed by atoms with E-state index in [-0.39, 0.29) is 0 Å². The molecule has 0 aromatic carbocycles. The van der Waals surface area contributed by atoms with E-state index in [1.54, 1.807) is 11.3 Å². The second kappa shape index (κ2) is 5.65. The van der Waals surface area contributed by atoms with E-state index in [1.807, 2.05) is 20.0 Å². The quantitative estimate of drug-likeness (QED) is 0.899. The highest BCUT2D eigenvalue weighted by atomic mass is 32.1. The molecule has 1 N–H and O–H groups in total. The summed E-state index contributed by atoms with van der Waals surface area (Å²) < 4.78 is 0. The van der Waals surface area contributed by atoms with Crippen molar-refractivity contribution in [3.8, 4) is 0 Å². The molecule has 1 saturated heterocycles. The van der Waals surface area contributed by atoms with Gasteiger partial charge in [-0.15, -0.1) is 11.3 Å². The van der Waals surface area contributed by atoms with Crippen molar-refractivity contribution in [1.82, 2.24) is 14.8 Å². The lowest BCUT2D eigenvalue weighted by atomic mass is 10.1. The van der Waals surface area contributed by atoms with E-state index >= 15 is 0 Å². The molecule has 0 aliphatic carbocycles. The maximum absolute atomic E-state index is 9.92. The summed E-state index contributed by atoms with van der Waals surface area (Å²) in [5.41, 5.74) is -0.767. The predicted molar refractivity (Wildman–Crippen MR) is 74.7 cm³/mol. The highest BCUT2D eigenvalue weighted by molar-refractivity contribution is 7.11. The molecular weight excluding hydrogens is 246 g/mol. The second-order valence-electron chi connectivity index (χ2n) is 5.39. The van der Waals surface area contributed by atoms with Crippen molar-refractivity contribution in [1.29, 1.82) is 0 Å². The van der Waals surface area contributed by atoms with Crippen molar-refractivity contribution in [3.63, 3.8) is 0 Å². The smallest absolute Gasteiger partial charge is 0.107 e. The number of nitrogens with zero attached hydrogens (tertiary/aromatic N) is 3. The molecule has 102 valence electrons. The van der Waals surface area contributed by atoms with Crippen LogP contribution in [0.4, 0.5) is 0 Å². The summed E-state index contributed by atoms with van der Waals surface area (Å²) in [4.78, 5) is 10.3. The van der Waals surface area contributed by atoms with Gasteiger partial charge in [0, 0.05) is 32.4 Å². The third-order valence-corrected chi connectivity index (χ3v) is 4.72. The van der Waals surface area contributed by atoms with Gasteiger partial charge in [-0.25, -0.2) is 4.98 Å². The van der Waals surface area contributed by atoms with Crippen LogP contribution in [0.1, 0.15) is 30.7 Å². The Morgan fingerprint density at radius 2 is 1.89 bits per heavy atom. The summed E-state index contributed by atoms with van der Waals surface area (Å²) >= 11 is 1.62. The molecule has 0 radical (unpaired) electrons. The lowest BCUT2D eigenvalue weighted by Crippen LogP contribution is -2.45. The van der Waals surface area contributed by atoms with E-state index in [9.17, 15) is 5.11 Å². The fourth-order valence-electron chi connectivity index (χ4n) is 2.12. The van der Waals surface area contributed by atoms with Crippen LogP contribution in [0.5, 0.6) is 0 Å². The maximum Gasteiger partial charge on any atom is 0.107 e. The van der Waals surface area contributed by atoms with E-state index in [4.69, 9.17) is 0 Å². The molecule has 1 aromatic heterocycles. The first-order valence-corrected chi connectivity index (χ1v) is 7.43. The van der Waals surface area contributed by atoms with Gasteiger partial charge < -0.3 is 10.0 Å². The van der Waals surface area contributed by atoms with Gasteiger partial charge in [-0.3, -0.25) is 4.90 Å². The minimum Gasteiger partial charge on any atom is -0.385 e. The first-order chi connectivity index (χ1) is 8.49. The van der Waals surface area contributed by atoms with Gasteiger partial charge in [-0.05, 0) is 20.4 Å². The van der Waals surface area contributed by atoms with Crippen molar-refractivity contribution in [2.45, 2.75) is 32.9 Å². The lowest BCUT2D eigenvalue weighted by Gasteiger charge is -2.33. The number of hydrogen-bond acceptors (Lipinski definition) is 5. The first-order valence-electron chi connectivity index (χ1n) is 6.61. The second-order valence-corrected chi connectivity index (χ2v) is 6.50. The summed E-state index contributed by atoms with van der Waals surface area (Å²) in [6.07, 6.45) is 1.81. The highest BCUT2D eigenvalue weighted by Gasteiger charge is 2.21. The molecule has 0 amide bonds. The Bertz CT molecular complexity index is 378. The molecule has 2 heterocycles. The summed E-state index contributed by atoms with van der Waals surface area (Å²) in [5.74, 6) is 0. The molecule has 0 saturated carbocycles. The molecule has 18 heavy (non-hydrogen) atoms. The van der Waals surface area contributed by atoms with E-state index in [2.05, 4.69) is 21.7 Å². The molecule has 0 bridgehead atoms. The van der Waals surface area contributed by atoms with Gasteiger partial charge in [-0.2, -0.15) is 0 Å². The minimum atomic E-state index is -0.767. The predicted octanol–water partition coefficient (Wildman–Crippen LogP) is 1.51. The number of piperazine rings is 1. The number of hydrogen-bond donors (Lipinski definition) is 1. The number of thiazole rings is 1. The summed E-state index contributed by atoms with van der Waals surface area (Å²) in [5, 5.41) is 11.0. The molecule has 2 rings (SSSR count). The van der Waals surface area contributed by atoms with Crippen LogP contribution >= 0.6 is 11.3 Å². The van der Waals surface area contributed by atoms with Crippen molar-refractivity contribution in [2.75, 3.05) is 32.7 Å². The fourth-order valence-corrected chi connectivity index (χ4v) is 3.08. The number of aliphatic hydroxyl groups is 1. The molecule has 0 atom stereocenters. The molecule has 0 spiro atoms. The topological polar surface area (TPSA) is 39.6 Å². The molecule has 5 heteroatoms. The van der Waals surface area contributed by atoms with E-state index < -0.39 is 5.60 Å². The van der Waals surface area contributed by atoms with Crippen molar-refractivity contribution >= 4 is 11.3 Å². The maximum atomic E-state index is 9.92. The Morgan fingerprint density at radius 3 is 2.39 bits per heavy atom. The van der Waals surface area contributed by atoms with Crippen molar-refractivity contribution in [2.24, 2.45) is 0 Å². The Hall–Kier alpha value is -0.490. The summed E-state index contributed by atoms with van der Waals surface area (Å²) in [6, 6.07) is 0. The van der Waals surface area contributed by atoms with Gasteiger partial charge in [0.2, 0.25) is 0 Å². The standard InChI is InChI=1S/C13H23N3OS/c1-4-15-5-7-16(8-6-15)10-12-14-9-11(18-12)13(2,3)17/h9,17H,4-8,10H2,1-3H3. The first kappa shape index (κ1) is 13.9. The van der Waals surface area contributed by atoms with Crippen LogP contribution in [0.3, 0.4) is 0 Å². The zero-order valence-corrected chi connectivity index (χ0v) is 12.3. The Kier molecular flexibility index (Phi) is 4.37. The molecule has 1 aromatic rings. The molecular formula is C13H23N3OS. The van der Waals surface area contributed by atoms with Gasteiger partial charge in [-0.1, -0.05) is 6.92 Å². The van der Waals surface area contributed by atoms with Crippen LogP contribution in [0.25, 0.3) is 0 Å². The largest absolute Gasteiger partial charge is 0.385 e. The highest BCUT2D eigenvalue weighted by Crippen LogP contribution is 2.26. The van der Waals surface area contributed by atoms with Gasteiger partial charge in [0.05, 0.1) is 17.0 Å². The Balaban J connectivity index is 1.89. The van der Waals surface area contributed by atoms with E-state index in [0.29, 0.717) is 0 Å². The van der Waals surface area contributed by atoms with Crippen LogP contribution in [0.2, 0.25) is 0 Å². The van der Waals surface area contributed by atoms with Gasteiger partial charge >= 0.3 is 0 Å². The van der Waals surface area contributed by atoms with E-state index in [1.165, 1.54) is 0 Å². The monoisotopic (exact) mass is 269 g/mol. The zero-order valence-electron chi connectivity index (χ0n) is 11.5. The molecule has 4 nitrogen and oxygen atoms in total. The summed E-state index contributed by atoms with van der Waals surface area (Å²) in [6.45, 7) is 12.4. The Morgan fingerprint density at radius 1 is 1.28 bits per heavy atom. The lowest BCUT2D eigenvalue weighted by molar-refractivity contribution is 0.0823. The molecule has 1 fully saturated rings. The van der Waals surface area contributed by atoms with Crippen LogP contribution in [-0.2, 0) is 12.1 Å². The minimum absolute atomic E-state index is 0.767. The molecule has 0 unspecified atom stereocenters. The zero-order chi connectivity index (χ0) is 13.2. The summed E-state index contributed by atoms with van der Waals surface area (Å²) in [7, 11) is 0. The van der Waals surface area contributed by atoms with Gasteiger partial charge in [0.25, 0.3) is 0 Å². The third-order valence-electron chi connectivity index (χ3n) is 3.43. The van der Waals surface area contributed by atoms with Crippen molar-refractivity contribution in [3.05, 3.63) is 16.1 Å². The average molecular weight is 269 g/mol. The van der Waals surface area contributed by atoms with Gasteiger partial charge in [0.1, 0.15) is 5.01 Å². The third kappa shape index (κ3) is 3.51. The van der Waals surface area contributed by atoms with Crippen LogP contribution < -0.4 is 0 Å². The Labute approximate surface area is 113 Å². The van der Waals surface area contributed by atoms with Crippen molar-refractivity contribution < 1.29 is 5.11 Å².